The maximum atomic E-state index is 11.5. The molecule has 0 N–H and O–H groups in total. The van der Waals surface area contributed by atoms with Gasteiger partial charge in [0.05, 0.1) is 0 Å². The number of rotatable bonds is 6. The molecule has 0 spiro atoms. The van der Waals surface area contributed by atoms with Gasteiger partial charge in [0.15, 0.2) is 0 Å². The van der Waals surface area contributed by atoms with Gasteiger partial charge in [-0.15, -0.1) is 0 Å². The van der Waals surface area contributed by atoms with E-state index in [1.165, 1.54) is 0 Å². The summed E-state index contributed by atoms with van der Waals surface area (Å²) in [5.74, 6) is 0.665. The first kappa shape index (κ1) is 14.5. The van der Waals surface area contributed by atoms with Crippen LogP contribution >= 0.6 is 23.2 Å². The van der Waals surface area contributed by atoms with Crippen LogP contribution in [0.25, 0.3) is 0 Å². The van der Waals surface area contributed by atoms with Crippen LogP contribution in [0.2, 0.25) is 10.0 Å². The largest absolute Gasteiger partial charge is 0.300 e. The van der Waals surface area contributed by atoms with Crippen molar-refractivity contribution in [3.8, 4) is 0 Å². The Morgan fingerprint density at radius 3 is 2.65 bits per heavy atom. The molecular formula is C14H18Cl2O. The number of carbonyl (C=O) groups excluding carboxylic acids is 1. The standard InChI is InChI=1S/C14H18Cl2O/c1-3-4-13(17)8-10(2)7-11-5-6-12(15)9-14(11)16/h5-6,9-10H,3-4,7-8H2,1-2H3. The number of hydrogen-bond acceptors (Lipinski definition) is 1. The van der Waals surface area contributed by atoms with Gasteiger partial charge >= 0.3 is 0 Å². The van der Waals surface area contributed by atoms with Crippen molar-refractivity contribution < 1.29 is 4.79 Å². The number of ketones is 1. The van der Waals surface area contributed by atoms with Gasteiger partial charge in [0.1, 0.15) is 5.78 Å². The molecule has 1 aromatic rings. The minimum Gasteiger partial charge on any atom is -0.300 e. The van der Waals surface area contributed by atoms with Gasteiger partial charge in [-0.2, -0.15) is 0 Å². The van der Waals surface area contributed by atoms with Gasteiger partial charge in [-0.05, 0) is 36.5 Å². The second kappa shape index (κ2) is 7.03. The first-order valence-corrected chi connectivity index (χ1v) is 6.74. The van der Waals surface area contributed by atoms with Gasteiger partial charge in [0.2, 0.25) is 0 Å². The van der Waals surface area contributed by atoms with Gasteiger partial charge in [0.25, 0.3) is 0 Å². The van der Waals surface area contributed by atoms with Gasteiger partial charge < -0.3 is 0 Å². The molecule has 1 unspecified atom stereocenters. The van der Waals surface area contributed by atoms with Crippen molar-refractivity contribution in [2.75, 3.05) is 0 Å². The Morgan fingerprint density at radius 2 is 2.06 bits per heavy atom. The van der Waals surface area contributed by atoms with E-state index in [9.17, 15) is 4.79 Å². The molecule has 0 saturated carbocycles. The molecule has 0 aromatic heterocycles. The highest BCUT2D eigenvalue weighted by atomic mass is 35.5. The summed E-state index contributed by atoms with van der Waals surface area (Å²) in [5.41, 5.74) is 1.06. The monoisotopic (exact) mass is 272 g/mol. The normalized spacial score (nSPS) is 12.5. The molecule has 94 valence electrons. The van der Waals surface area contributed by atoms with Crippen molar-refractivity contribution in [3.63, 3.8) is 0 Å². The molecule has 1 rings (SSSR count). The SMILES string of the molecule is CCCC(=O)CC(C)Cc1ccc(Cl)cc1Cl. The summed E-state index contributed by atoms with van der Waals surface area (Å²) in [6.07, 6.45) is 3.06. The molecule has 0 heterocycles. The van der Waals surface area contributed by atoms with Crippen molar-refractivity contribution in [3.05, 3.63) is 33.8 Å². The molecule has 0 aliphatic carbocycles. The molecule has 1 aromatic carbocycles. The third-order valence-electron chi connectivity index (χ3n) is 2.69. The predicted octanol–water partition coefficient (Wildman–Crippen LogP) is 4.93. The molecular weight excluding hydrogens is 255 g/mol. The lowest BCUT2D eigenvalue weighted by Gasteiger charge is -2.11. The first-order valence-electron chi connectivity index (χ1n) is 5.98. The molecule has 0 saturated heterocycles. The van der Waals surface area contributed by atoms with Gasteiger partial charge in [-0.1, -0.05) is 43.1 Å². The van der Waals surface area contributed by atoms with Crippen molar-refractivity contribution in [2.24, 2.45) is 5.92 Å². The topological polar surface area (TPSA) is 17.1 Å². The minimum atomic E-state index is 0.327. The number of halogens is 2. The summed E-state index contributed by atoms with van der Waals surface area (Å²) in [6, 6.07) is 5.52. The summed E-state index contributed by atoms with van der Waals surface area (Å²) in [5, 5.41) is 1.33. The zero-order chi connectivity index (χ0) is 12.8. The van der Waals surface area contributed by atoms with E-state index < -0.39 is 0 Å². The highest BCUT2D eigenvalue weighted by Gasteiger charge is 2.11. The van der Waals surface area contributed by atoms with E-state index >= 15 is 0 Å². The van der Waals surface area contributed by atoms with Crippen LogP contribution in [0.5, 0.6) is 0 Å². The lowest BCUT2D eigenvalue weighted by atomic mass is 9.95. The van der Waals surface area contributed by atoms with Crippen LogP contribution in [-0.2, 0) is 11.2 Å². The summed E-state index contributed by atoms with van der Waals surface area (Å²) < 4.78 is 0. The summed E-state index contributed by atoms with van der Waals surface area (Å²) in [7, 11) is 0. The van der Waals surface area contributed by atoms with E-state index in [4.69, 9.17) is 23.2 Å². The maximum Gasteiger partial charge on any atom is 0.133 e. The van der Waals surface area contributed by atoms with Crippen LogP contribution < -0.4 is 0 Å². The van der Waals surface area contributed by atoms with E-state index in [1.807, 2.05) is 19.1 Å². The lowest BCUT2D eigenvalue weighted by molar-refractivity contribution is -0.119. The number of carbonyl (C=O) groups is 1. The fourth-order valence-electron chi connectivity index (χ4n) is 1.90. The molecule has 0 bridgehead atoms. The highest BCUT2D eigenvalue weighted by molar-refractivity contribution is 6.35. The average molecular weight is 273 g/mol. The van der Waals surface area contributed by atoms with Crippen molar-refractivity contribution >= 4 is 29.0 Å². The van der Waals surface area contributed by atoms with Crippen LogP contribution in [0.1, 0.15) is 38.7 Å². The third kappa shape index (κ3) is 5.10. The van der Waals surface area contributed by atoms with Gasteiger partial charge in [0, 0.05) is 22.9 Å². The Morgan fingerprint density at radius 1 is 1.35 bits per heavy atom. The molecule has 1 nitrogen and oxygen atoms in total. The minimum absolute atomic E-state index is 0.327. The molecule has 0 radical (unpaired) electrons. The fraction of sp³-hybridized carbons (Fsp3) is 0.500. The highest BCUT2D eigenvalue weighted by Crippen LogP contribution is 2.24. The first-order chi connectivity index (χ1) is 8.02. The number of benzene rings is 1. The second-order valence-corrected chi connectivity index (χ2v) is 5.38. The zero-order valence-electron chi connectivity index (χ0n) is 10.3. The molecule has 0 fully saturated rings. The molecule has 17 heavy (non-hydrogen) atoms. The molecule has 3 heteroatoms. The Kier molecular flexibility index (Phi) is 6.01. The average Bonchev–Trinajstić information content (AvgIpc) is 2.22. The number of hydrogen-bond donors (Lipinski definition) is 0. The Balaban J connectivity index is 2.55. The molecule has 0 amide bonds. The van der Waals surface area contributed by atoms with Crippen molar-refractivity contribution in [2.45, 2.75) is 39.5 Å². The smallest absolute Gasteiger partial charge is 0.133 e. The van der Waals surface area contributed by atoms with Gasteiger partial charge in [-0.25, -0.2) is 0 Å². The van der Waals surface area contributed by atoms with Crippen LogP contribution in [-0.4, -0.2) is 5.78 Å². The summed E-state index contributed by atoms with van der Waals surface area (Å²) >= 11 is 11.9. The van der Waals surface area contributed by atoms with E-state index in [-0.39, 0.29) is 0 Å². The van der Waals surface area contributed by atoms with Crippen LogP contribution in [0, 0.1) is 5.92 Å². The Bertz CT molecular complexity index is 388. The zero-order valence-corrected chi connectivity index (χ0v) is 11.8. The van der Waals surface area contributed by atoms with E-state index in [0.717, 1.165) is 18.4 Å². The van der Waals surface area contributed by atoms with E-state index in [2.05, 4.69) is 6.92 Å². The van der Waals surface area contributed by atoms with Gasteiger partial charge in [-0.3, -0.25) is 4.79 Å². The van der Waals surface area contributed by atoms with E-state index in [0.29, 0.717) is 34.6 Å². The van der Waals surface area contributed by atoms with E-state index in [1.54, 1.807) is 6.07 Å². The molecule has 0 aliphatic heterocycles. The Labute approximate surface area is 113 Å². The summed E-state index contributed by atoms with van der Waals surface area (Å²) in [6.45, 7) is 4.11. The van der Waals surface area contributed by atoms with Crippen molar-refractivity contribution in [1.82, 2.24) is 0 Å². The van der Waals surface area contributed by atoms with Crippen LogP contribution in [0.3, 0.4) is 0 Å². The predicted molar refractivity (Wildman–Crippen MR) is 73.9 cm³/mol. The van der Waals surface area contributed by atoms with Crippen LogP contribution in [0.15, 0.2) is 18.2 Å². The molecule has 1 atom stereocenters. The maximum absolute atomic E-state index is 11.5. The third-order valence-corrected chi connectivity index (χ3v) is 3.28. The molecule has 0 aliphatic rings. The van der Waals surface area contributed by atoms with Crippen molar-refractivity contribution in [1.29, 1.82) is 0 Å². The van der Waals surface area contributed by atoms with Crippen LogP contribution in [0.4, 0.5) is 0 Å². The number of Topliss-reactive ketones (excluding diaryl/α,β-unsaturated/α-hetero) is 1. The Hall–Kier alpha value is -0.530. The summed E-state index contributed by atoms with van der Waals surface area (Å²) in [4.78, 5) is 11.5. The second-order valence-electron chi connectivity index (χ2n) is 4.54. The quantitative estimate of drug-likeness (QED) is 0.718. The lowest BCUT2D eigenvalue weighted by Crippen LogP contribution is -2.08. The fourth-order valence-corrected chi connectivity index (χ4v) is 2.39.